The molecule has 112 valence electrons. The predicted molar refractivity (Wildman–Crippen MR) is 79.9 cm³/mol. The summed E-state index contributed by atoms with van der Waals surface area (Å²) in [7, 11) is 0. The van der Waals surface area contributed by atoms with Crippen molar-refractivity contribution in [1.82, 2.24) is 9.55 Å². The minimum absolute atomic E-state index is 0.177. The van der Waals surface area contributed by atoms with Gasteiger partial charge in [-0.15, -0.1) is 0 Å². The van der Waals surface area contributed by atoms with E-state index in [4.69, 9.17) is 33.0 Å². The van der Waals surface area contributed by atoms with Gasteiger partial charge in [-0.1, -0.05) is 23.2 Å². The van der Waals surface area contributed by atoms with Gasteiger partial charge in [0, 0.05) is 6.61 Å². The largest absolute Gasteiger partial charge is 0.480 e. The highest BCUT2D eigenvalue weighted by molar-refractivity contribution is 6.42. The maximum atomic E-state index is 11.1. The molecule has 21 heavy (non-hydrogen) atoms. The fraction of sp³-hybridized carbons (Fsp3) is 0.429. The number of halogens is 2. The second kappa shape index (κ2) is 5.83. The topological polar surface area (TPSA) is 64.3 Å². The Labute approximate surface area is 131 Å². The van der Waals surface area contributed by atoms with Crippen LogP contribution in [-0.4, -0.2) is 27.2 Å². The standard InChI is InChI=1S/C14H14Cl2N2O3/c15-8-5-10-11(6-9(8)16)18(7-13(19)20)14(17-10)12-3-1-2-4-21-12/h5-6,12H,1-4,7H2,(H,19,20). The zero-order valence-corrected chi connectivity index (χ0v) is 12.7. The van der Waals surface area contributed by atoms with Crippen molar-refractivity contribution >= 4 is 40.2 Å². The van der Waals surface area contributed by atoms with E-state index in [1.54, 1.807) is 16.7 Å². The minimum atomic E-state index is -0.933. The summed E-state index contributed by atoms with van der Waals surface area (Å²) in [6.07, 6.45) is 2.73. The molecule has 3 rings (SSSR count). The first-order valence-electron chi connectivity index (χ1n) is 6.75. The summed E-state index contributed by atoms with van der Waals surface area (Å²) in [4.78, 5) is 15.7. The second-order valence-electron chi connectivity index (χ2n) is 5.06. The van der Waals surface area contributed by atoms with Crippen LogP contribution in [0.15, 0.2) is 12.1 Å². The zero-order valence-electron chi connectivity index (χ0n) is 11.2. The maximum absolute atomic E-state index is 11.1. The Balaban J connectivity index is 2.14. The van der Waals surface area contributed by atoms with Crippen LogP contribution < -0.4 is 0 Å². The van der Waals surface area contributed by atoms with Crippen LogP contribution in [0.1, 0.15) is 31.2 Å². The summed E-state index contributed by atoms with van der Waals surface area (Å²) in [6.45, 7) is 0.492. The van der Waals surface area contributed by atoms with Crippen LogP contribution in [0.5, 0.6) is 0 Å². The maximum Gasteiger partial charge on any atom is 0.323 e. The molecule has 0 bridgehead atoms. The van der Waals surface area contributed by atoms with Crippen LogP contribution in [-0.2, 0) is 16.1 Å². The summed E-state index contributed by atoms with van der Waals surface area (Å²) >= 11 is 12.1. The summed E-state index contributed by atoms with van der Waals surface area (Å²) in [6, 6.07) is 3.31. The van der Waals surface area contributed by atoms with Crippen molar-refractivity contribution in [3.05, 3.63) is 28.0 Å². The lowest BCUT2D eigenvalue weighted by Gasteiger charge is -2.22. The average Bonchev–Trinajstić information content (AvgIpc) is 2.78. The molecule has 1 saturated heterocycles. The minimum Gasteiger partial charge on any atom is -0.480 e. The van der Waals surface area contributed by atoms with Crippen LogP contribution >= 0.6 is 23.2 Å². The van der Waals surface area contributed by atoms with Crippen molar-refractivity contribution in [2.45, 2.75) is 31.9 Å². The van der Waals surface area contributed by atoms with E-state index in [9.17, 15) is 4.79 Å². The molecule has 1 aromatic carbocycles. The summed E-state index contributed by atoms with van der Waals surface area (Å²) < 4.78 is 7.38. The van der Waals surface area contributed by atoms with Crippen molar-refractivity contribution in [1.29, 1.82) is 0 Å². The van der Waals surface area contributed by atoms with Gasteiger partial charge in [-0.3, -0.25) is 4.79 Å². The lowest BCUT2D eigenvalue weighted by molar-refractivity contribution is -0.137. The summed E-state index contributed by atoms with van der Waals surface area (Å²) in [5.41, 5.74) is 1.30. The number of carboxylic acids is 1. The van der Waals surface area contributed by atoms with Crippen LogP contribution in [0.3, 0.4) is 0 Å². The van der Waals surface area contributed by atoms with Gasteiger partial charge >= 0.3 is 5.97 Å². The van der Waals surface area contributed by atoms with Crippen LogP contribution in [0.25, 0.3) is 11.0 Å². The third kappa shape index (κ3) is 2.86. The molecule has 1 unspecified atom stereocenters. The van der Waals surface area contributed by atoms with Gasteiger partial charge in [0.2, 0.25) is 0 Å². The third-order valence-corrected chi connectivity index (χ3v) is 4.30. The molecule has 1 fully saturated rings. The van der Waals surface area contributed by atoms with E-state index in [0.717, 1.165) is 19.3 Å². The lowest BCUT2D eigenvalue weighted by atomic mass is 10.1. The molecule has 1 aromatic heterocycles. The fourth-order valence-electron chi connectivity index (χ4n) is 2.63. The smallest absolute Gasteiger partial charge is 0.323 e. The van der Waals surface area contributed by atoms with Crippen LogP contribution in [0.4, 0.5) is 0 Å². The molecule has 1 atom stereocenters. The second-order valence-corrected chi connectivity index (χ2v) is 5.87. The van der Waals surface area contributed by atoms with Crippen LogP contribution in [0, 0.1) is 0 Å². The van der Waals surface area contributed by atoms with E-state index < -0.39 is 5.97 Å². The number of nitrogens with zero attached hydrogens (tertiary/aromatic N) is 2. The molecular weight excluding hydrogens is 315 g/mol. The van der Waals surface area contributed by atoms with Crippen LogP contribution in [0.2, 0.25) is 10.0 Å². The number of carbonyl (C=O) groups is 1. The zero-order chi connectivity index (χ0) is 15.0. The van der Waals surface area contributed by atoms with Gasteiger partial charge in [-0.2, -0.15) is 0 Å². The molecule has 0 spiro atoms. The first-order valence-corrected chi connectivity index (χ1v) is 7.50. The van der Waals surface area contributed by atoms with Crippen molar-refractivity contribution in [2.24, 2.45) is 0 Å². The Morgan fingerprint density at radius 1 is 1.38 bits per heavy atom. The first-order chi connectivity index (χ1) is 10.1. The molecular formula is C14H14Cl2N2O3. The Bertz CT molecular complexity index is 693. The number of imidazole rings is 1. The summed E-state index contributed by atoms with van der Waals surface area (Å²) in [5, 5.41) is 9.93. The number of carboxylic acid groups (broad SMARTS) is 1. The number of aromatic nitrogens is 2. The monoisotopic (exact) mass is 328 g/mol. The van der Waals surface area contributed by atoms with E-state index in [1.807, 2.05) is 0 Å². The van der Waals surface area contributed by atoms with Gasteiger partial charge in [-0.25, -0.2) is 4.98 Å². The Kier molecular flexibility index (Phi) is 4.06. The molecule has 1 aliphatic heterocycles. The highest BCUT2D eigenvalue weighted by Crippen LogP contribution is 2.33. The molecule has 5 nitrogen and oxygen atoms in total. The molecule has 0 amide bonds. The number of hydrogen-bond donors (Lipinski definition) is 1. The SMILES string of the molecule is O=C(O)Cn1c(C2CCCCO2)nc2cc(Cl)c(Cl)cc21. The van der Waals surface area contributed by atoms with Crippen molar-refractivity contribution in [3.8, 4) is 0 Å². The van der Waals surface area contributed by atoms with E-state index in [0.29, 0.717) is 33.5 Å². The molecule has 0 radical (unpaired) electrons. The molecule has 2 aromatic rings. The van der Waals surface area contributed by atoms with Gasteiger partial charge in [0.25, 0.3) is 0 Å². The highest BCUT2D eigenvalue weighted by atomic mass is 35.5. The number of hydrogen-bond acceptors (Lipinski definition) is 3. The van der Waals surface area contributed by atoms with Gasteiger partial charge in [0.1, 0.15) is 18.5 Å². The van der Waals surface area contributed by atoms with E-state index in [2.05, 4.69) is 4.98 Å². The fourth-order valence-corrected chi connectivity index (χ4v) is 2.95. The first kappa shape index (κ1) is 14.6. The van der Waals surface area contributed by atoms with Gasteiger partial charge in [-0.05, 0) is 31.4 Å². The normalized spacial score (nSPS) is 19.0. The average molecular weight is 329 g/mol. The highest BCUT2D eigenvalue weighted by Gasteiger charge is 2.24. The molecule has 2 heterocycles. The molecule has 1 N–H and O–H groups in total. The lowest BCUT2D eigenvalue weighted by Crippen LogP contribution is -2.19. The Morgan fingerprint density at radius 2 is 2.14 bits per heavy atom. The number of benzene rings is 1. The summed E-state index contributed by atoms with van der Waals surface area (Å²) in [5.74, 6) is -0.303. The van der Waals surface area contributed by atoms with Crippen molar-refractivity contribution < 1.29 is 14.6 Å². The van der Waals surface area contributed by atoms with E-state index in [1.165, 1.54) is 0 Å². The molecule has 0 saturated carbocycles. The molecule has 7 heteroatoms. The third-order valence-electron chi connectivity index (χ3n) is 3.58. The van der Waals surface area contributed by atoms with Crippen molar-refractivity contribution in [3.63, 3.8) is 0 Å². The Hall–Kier alpha value is -1.30. The number of fused-ring (bicyclic) bond motifs is 1. The Morgan fingerprint density at radius 3 is 2.81 bits per heavy atom. The van der Waals surface area contributed by atoms with E-state index >= 15 is 0 Å². The van der Waals surface area contributed by atoms with Gasteiger partial charge < -0.3 is 14.4 Å². The molecule has 1 aliphatic rings. The van der Waals surface area contributed by atoms with Crippen molar-refractivity contribution in [2.75, 3.05) is 6.61 Å². The number of rotatable bonds is 3. The predicted octanol–water partition coefficient (Wildman–Crippen LogP) is 3.67. The number of aliphatic carboxylic acids is 1. The quantitative estimate of drug-likeness (QED) is 0.933. The number of ether oxygens (including phenoxy) is 1. The molecule has 0 aliphatic carbocycles. The van der Waals surface area contributed by atoms with Gasteiger partial charge in [0.15, 0.2) is 0 Å². The van der Waals surface area contributed by atoms with Gasteiger partial charge in [0.05, 0.1) is 21.1 Å². The van der Waals surface area contributed by atoms with E-state index in [-0.39, 0.29) is 12.6 Å².